The Morgan fingerprint density at radius 2 is 0.464 bits per heavy atom. The number of rotatable bonds is 3. The number of esters is 1. The Bertz CT molecular complexity index is 679. The van der Waals surface area contributed by atoms with Crippen LogP contribution >= 0.6 is 0 Å². The maximum absolute atomic E-state index is 10.0. The predicted molar refractivity (Wildman–Crippen MR) is 250 cm³/mol. The molecule has 56 heavy (non-hydrogen) atoms. The van der Waals surface area contributed by atoms with E-state index in [9.17, 15) is 4.79 Å². The molecule has 0 heterocycles. The van der Waals surface area contributed by atoms with Gasteiger partial charge in [-0.2, -0.15) is 0 Å². The third-order valence-electron chi connectivity index (χ3n) is 11.2. The largest absolute Gasteiger partial charge is 0.463 e. The van der Waals surface area contributed by atoms with Crippen molar-refractivity contribution >= 4 is 5.97 Å². The monoisotopic (exact) mass is 783 g/mol. The molecule has 0 N–H and O–H groups in total. The van der Waals surface area contributed by atoms with E-state index in [-0.39, 0.29) is 5.97 Å². The molecule has 0 spiro atoms. The highest BCUT2D eigenvalue weighted by atomic mass is 16.6. The number of hydrogen-bond acceptors (Lipinski definition) is 3. The summed E-state index contributed by atoms with van der Waals surface area (Å²) in [5.41, 5.74) is 0. The second kappa shape index (κ2) is 51.4. The zero-order valence-electron chi connectivity index (χ0n) is 38.0. The molecule has 0 aliphatic heterocycles. The zero-order chi connectivity index (χ0) is 40.3. The van der Waals surface area contributed by atoms with Gasteiger partial charge in [-0.25, -0.2) is 0 Å². The molecule has 328 valence electrons. The van der Waals surface area contributed by atoms with Crippen molar-refractivity contribution in [1.29, 1.82) is 0 Å². The van der Waals surface area contributed by atoms with Crippen LogP contribution in [0.3, 0.4) is 0 Å². The van der Waals surface area contributed by atoms with Crippen LogP contribution in [0.15, 0.2) is 48.6 Å². The van der Waals surface area contributed by atoms with Gasteiger partial charge >= 0.3 is 5.97 Å². The van der Waals surface area contributed by atoms with Crippen LogP contribution in [0.4, 0.5) is 0 Å². The van der Waals surface area contributed by atoms with E-state index in [2.05, 4.69) is 58.1 Å². The lowest BCUT2D eigenvalue weighted by Crippen LogP contribution is -2.05. The highest BCUT2D eigenvalue weighted by Gasteiger charge is 1.96. The molecule has 0 aromatic heterocycles. The van der Waals surface area contributed by atoms with Crippen molar-refractivity contribution in [3.8, 4) is 0 Å². The van der Waals surface area contributed by atoms with E-state index in [1.807, 2.05) is 0 Å². The number of carbonyl (C=O) groups excluding carboxylic acids is 1. The quantitative estimate of drug-likeness (QED) is 0.162. The van der Waals surface area contributed by atoms with E-state index in [1.165, 1.54) is 264 Å². The van der Waals surface area contributed by atoms with Gasteiger partial charge in [0.15, 0.2) is 0 Å². The molecule has 0 unspecified atom stereocenters. The van der Waals surface area contributed by atoms with Gasteiger partial charge in [0.25, 0.3) is 0 Å². The average molecular weight is 783 g/mol. The molecule has 0 bridgehead atoms. The van der Waals surface area contributed by atoms with E-state index in [4.69, 9.17) is 0 Å². The summed E-state index contributed by atoms with van der Waals surface area (Å²) in [6.45, 7) is 2.20. The standard InChI is InChI=1S/4C12H22.C5H10O3/c4*1-2-4-6-8-10-12-11-9-7-5-3-1;1-5(6)8-4-3-7-2/h4*1-2H,3-12H2;3-4H2,1-2H3/b4*2-1-;. The summed E-state index contributed by atoms with van der Waals surface area (Å²) in [6.07, 6.45) is 76.0. The molecule has 0 atom stereocenters. The van der Waals surface area contributed by atoms with Crippen molar-refractivity contribution in [2.45, 2.75) is 264 Å². The lowest BCUT2D eigenvalue weighted by atomic mass is 10.0. The van der Waals surface area contributed by atoms with Crippen molar-refractivity contribution < 1.29 is 14.3 Å². The van der Waals surface area contributed by atoms with E-state index in [1.54, 1.807) is 7.11 Å². The number of ether oxygens (including phenoxy) is 2. The summed E-state index contributed by atoms with van der Waals surface area (Å²) in [6, 6.07) is 0. The molecule has 0 amide bonds. The normalized spacial score (nSPS) is 23.0. The van der Waals surface area contributed by atoms with Gasteiger partial charge in [0.2, 0.25) is 0 Å². The highest BCUT2D eigenvalue weighted by Crippen LogP contribution is 2.16. The highest BCUT2D eigenvalue weighted by molar-refractivity contribution is 5.65. The van der Waals surface area contributed by atoms with Gasteiger partial charge < -0.3 is 9.47 Å². The summed E-state index contributed by atoms with van der Waals surface area (Å²) < 4.78 is 9.13. The van der Waals surface area contributed by atoms with E-state index in [0.717, 1.165) is 0 Å². The molecule has 0 aromatic rings. The van der Waals surface area contributed by atoms with E-state index in [0.29, 0.717) is 13.2 Å². The summed E-state index contributed by atoms with van der Waals surface area (Å²) in [5, 5.41) is 0. The van der Waals surface area contributed by atoms with Gasteiger partial charge in [0.05, 0.1) is 6.61 Å². The Labute approximate surface area is 351 Å². The Balaban J connectivity index is 0.000000680. The molecule has 0 saturated carbocycles. The summed E-state index contributed by atoms with van der Waals surface area (Å²) in [4.78, 5) is 10.0. The molecule has 0 radical (unpaired) electrons. The smallest absolute Gasteiger partial charge is 0.302 e. The first kappa shape index (κ1) is 54.4. The number of methoxy groups -OCH3 is 1. The van der Waals surface area contributed by atoms with Crippen LogP contribution in [0, 0.1) is 0 Å². The van der Waals surface area contributed by atoms with Gasteiger partial charge in [0.1, 0.15) is 6.61 Å². The minimum absolute atomic E-state index is 0.262. The zero-order valence-corrected chi connectivity index (χ0v) is 38.0. The van der Waals surface area contributed by atoms with Crippen LogP contribution in [0.1, 0.15) is 264 Å². The van der Waals surface area contributed by atoms with Gasteiger partial charge in [-0.3, -0.25) is 4.79 Å². The Kier molecular flexibility index (Phi) is 49.9. The Morgan fingerprint density at radius 3 is 0.607 bits per heavy atom. The maximum atomic E-state index is 10.0. The van der Waals surface area contributed by atoms with Crippen LogP contribution < -0.4 is 0 Å². The van der Waals surface area contributed by atoms with Crippen molar-refractivity contribution in [2.24, 2.45) is 0 Å². The lowest BCUT2D eigenvalue weighted by Gasteiger charge is -2.02. The first-order chi connectivity index (χ1) is 27.8. The van der Waals surface area contributed by atoms with E-state index >= 15 is 0 Å². The summed E-state index contributed by atoms with van der Waals surface area (Å²) in [5.74, 6) is -0.262. The number of hydrogen-bond donors (Lipinski definition) is 0. The van der Waals surface area contributed by atoms with Crippen molar-refractivity contribution in [2.75, 3.05) is 20.3 Å². The van der Waals surface area contributed by atoms with Gasteiger partial charge in [0, 0.05) is 14.0 Å². The summed E-state index contributed by atoms with van der Waals surface area (Å²) in [7, 11) is 1.56. The molecular weight excluding hydrogens is 685 g/mol. The fraction of sp³-hybridized carbons (Fsp3) is 0.830. The fourth-order valence-electron chi connectivity index (χ4n) is 7.55. The van der Waals surface area contributed by atoms with Gasteiger partial charge in [-0.15, -0.1) is 0 Å². The molecule has 4 aliphatic carbocycles. The maximum Gasteiger partial charge on any atom is 0.302 e. The molecule has 0 aromatic carbocycles. The van der Waals surface area contributed by atoms with Crippen LogP contribution in [-0.4, -0.2) is 26.3 Å². The predicted octanol–water partition coefficient (Wildman–Crippen LogP) is 18.0. The third-order valence-corrected chi connectivity index (χ3v) is 11.2. The van der Waals surface area contributed by atoms with Crippen LogP contribution in [0.25, 0.3) is 0 Å². The van der Waals surface area contributed by atoms with E-state index < -0.39 is 0 Å². The minimum atomic E-state index is -0.262. The molecule has 4 aliphatic rings. The number of carbonyl (C=O) groups is 1. The molecule has 3 nitrogen and oxygen atoms in total. The summed E-state index contributed by atoms with van der Waals surface area (Å²) >= 11 is 0. The minimum Gasteiger partial charge on any atom is -0.463 e. The molecule has 0 fully saturated rings. The second-order valence-electron chi connectivity index (χ2n) is 16.8. The average Bonchev–Trinajstić information content (AvgIpc) is 3.17. The lowest BCUT2D eigenvalue weighted by molar-refractivity contribution is -0.142. The molecule has 0 saturated heterocycles. The van der Waals surface area contributed by atoms with Gasteiger partial charge in [-0.1, -0.05) is 203 Å². The van der Waals surface area contributed by atoms with Crippen LogP contribution in [0.5, 0.6) is 0 Å². The van der Waals surface area contributed by atoms with Crippen molar-refractivity contribution in [3.05, 3.63) is 48.6 Å². The van der Waals surface area contributed by atoms with Crippen LogP contribution in [0.2, 0.25) is 0 Å². The van der Waals surface area contributed by atoms with Crippen molar-refractivity contribution in [1.82, 2.24) is 0 Å². The molecular formula is C53H98O3. The van der Waals surface area contributed by atoms with Gasteiger partial charge in [-0.05, 0) is 103 Å². The topological polar surface area (TPSA) is 35.5 Å². The first-order valence-corrected chi connectivity index (χ1v) is 25.0. The number of allylic oxidation sites excluding steroid dienone is 8. The molecule has 4 rings (SSSR count). The van der Waals surface area contributed by atoms with Crippen molar-refractivity contribution in [3.63, 3.8) is 0 Å². The van der Waals surface area contributed by atoms with Crippen LogP contribution in [-0.2, 0) is 14.3 Å². The SMILES string of the molecule is C1=C\CCCCCCCCCC/1.C1=C\CCCCCCCCCC/1.C1=C\CCCCCCCCCC/1.C1=C\CCCCCCCCCC/1.COCCOC(C)=O. The first-order valence-electron chi connectivity index (χ1n) is 25.0. The Morgan fingerprint density at radius 1 is 0.304 bits per heavy atom. The molecule has 3 heteroatoms. The fourth-order valence-corrected chi connectivity index (χ4v) is 7.55. The second-order valence-corrected chi connectivity index (χ2v) is 16.8. The Hall–Kier alpha value is -1.61. The third kappa shape index (κ3) is 52.4.